The molecule has 0 aliphatic carbocycles. The Balaban J connectivity index is 3.17. The van der Waals surface area contributed by atoms with Gasteiger partial charge in [-0.05, 0) is 0 Å². The zero-order chi connectivity index (χ0) is 16.8. The number of allylic oxidation sites excluding steroid dienone is 2. The summed E-state index contributed by atoms with van der Waals surface area (Å²) in [5, 5.41) is 0.124. The summed E-state index contributed by atoms with van der Waals surface area (Å²) in [6.07, 6.45) is 2.72. The number of alkyl halides is 2. The summed E-state index contributed by atoms with van der Waals surface area (Å²) in [6, 6.07) is 0. The SMILES string of the molecule is C=CC(Cl)n1c(=O)n(C(Cl)C=C)c2c(Cl)c(Cl)c(Cl)c(Cl)c21. The molecular formula is C13H8Cl6N2O. The molecule has 118 valence electrons. The highest BCUT2D eigenvalue weighted by Gasteiger charge is 2.27. The summed E-state index contributed by atoms with van der Waals surface area (Å²) < 4.78 is 2.36. The average Bonchev–Trinajstić information content (AvgIpc) is 2.82. The normalized spacial score (nSPS) is 14.1. The lowest BCUT2D eigenvalue weighted by molar-refractivity contribution is 0.692. The van der Waals surface area contributed by atoms with Gasteiger partial charge in [-0.25, -0.2) is 4.79 Å². The Kier molecular flexibility index (Phi) is 5.48. The zero-order valence-corrected chi connectivity index (χ0v) is 15.3. The third-order valence-electron chi connectivity index (χ3n) is 2.99. The lowest BCUT2D eigenvalue weighted by atomic mass is 10.3. The van der Waals surface area contributed by atoms with Crippen molar-refractivity contribution < 1.29 is 0 Å². The van der Waals surface area contributed by atoms with Crippen LogP contribution in [-0.2, 0) is 0 Å². The van der Waals surface area contributed by atoms with Gasteiger partial charge in [0.2, 0.25) is 0 Å². The monoisotopic (exact) mass is 418 g/mol. The van der Waals surface area contributed by atoms with E-state index in [1.165, 1.54) is 21.3 Å². The molecule has 1 heterocycles. The predicted octanol–water partition coefficient (Wildman–Crippen LogP) is 6.26. The quantitative estimate of drug-likeness (QED) is 0.248. The minimum Gasteiger partial charge on any atom is -0.270 e. The Morgan fingerprint density at radius 1 is 0.773 bits per heavy atom. The van der Waals surface area contributed by atoms with Crippen LogP contribution in [-0.4, -0.2) is 9.13 Å². The maximum absolute atomic E-state index is 12.7. The highest BCUT2D eigenvalue weighted by Crippen LogP contribution is 2.44. The number of fused-ring (bicyclic) bond motifs is 1. The van der Waals surface area contributed by atoms with Crippen molar-refractivity contribution in [3.05, 3.63) is 55.9 Å². The second-order valence-corrected chi connectivity index (χ2v) is 6.60. The van der Waals surface area contributed by atoms with Crippen molar-refractivity contribution in [1.82, 2.24) is 9.13 Å². The van der Waals surface area contributed by atoms with E-state index in [2.05, 4.69) is 13.2 Å². The highest BCUT2D eigenvalue weighted by molar-refractivity contribution is 6.55. The molecule has 0 radical (unpaired) electrons. The van der Waals surface area contributed by atoms with E-state index in [0.717, 1.165) is 0 Å². The first kappa shape index (κ1) is 18.1. The van der Waals surface area contributed by atoms with Gasteiger partial charge in [0, 0.05) is 0 Å². The Morgan fingerprint density at radius 2 is 1.09 bits per heavy atom. The van der Waals surface area contributed by atoms with Gasteiger partial charge in [-0.1, -0.05) is 94.9 Å². The molecule has 1 aromatic carbocycles. The fourth-order valence-corrected chi connectivity index (χ4v) is 3.40. The number of imidazole rings is 1. The third kappa shape index (κ3) is 2.58. The van der Waals surface area contributed by atoms with Gasteiger partial charge in [0.1, 0.15) is 11.0 Å². The van der Waals surface area contributed by atoms with Gasteiger partial charge in [-0.3, -0.25) is 9.13 Å². The second-order valence-electron chi connectivity index (χ2n) is 4.19. The van der Waals surface area contributed by atoms with Crippen molar-refractivity contribution in [1.29, 1.82) is 0 Å². The van der Waals surface area contributed by atoms with Crippen LogP contribution in [0.1, 0.15) is 11.0 Å². The van der Waals surface area contributed by atoms with E-state index in [1.807, 2.05) is 0 Å². The first-order valence-electron chi connectivity index (χ1n) is 5.79. The van der Waals surface area contributed by atoms with Crippen molar-refractivity contribution >= 4 is 80.6 Å². The highest BCUT2D eigenvalue weighted by atomic mass is 35.5. The van der Waals surface area contributed by atoms with Crippen molar-refractivity contribution in [2.24, 2.45) is 0 Å². The van der Waals surface area contributed by atoms with E-state index in [-0.39, 0.29) is 31.1 Å². The Hall–Kier alpha value is -0.290. The van der Waals surface area contributed by atoms with Crippen molar-refractivity contribution in [3.8, 4) is 0 Å². The molecule has 0 fully saturated rings. The van der Waals surface area contributed by atoms with Gasteiger partial charge in [0.25, 0.3) is 0 Å². The molecule has 1 aromatic heterocycles. The summed E-state index contributed by atoms with van der Waals surface area (Å²) in [5.74, 6) is 0. The number of rotatable bonds is 4. The minimum absolute atomic E-state index is 0.0180. The van der Waals surface area contributed by atoms with Crippen LogP contribution in [0.5, 0.6) is 0 Å². The number of nitrogens with zero attached hydrogens (tertiary/aromatic N) is 2. The first-order chi connectivity index (χ1) is 10.3. The molecule has 9 heteroatoms. The molecule has 0 amide bonds. The van der Waals surface area contributed by atoms with Gasteiger partial charge in [0.05, 0.1) is 31.1 Å². The van der Waals surface area contributed by atoms with Gasteiger partial charge >= 0.3 is 5.69 Å². The molecule has 0 saturated heterocycles. The summed E-state index contributed by atoms with van der Waals surface area (Å²) in [6.45, 7) is 7.12. The average molecular weight is 421 g/mol. The minimum atomic E-state index is -0.879. The van der Waals surface area contributed by atoms with Crippen LogP contribution in [0, 0.1) is 0 Å². The molecule has 0 spiro atoms. The van der Waals surface area contributed by atoms with Gasteiger partial charge in [0.15, 0.2) is 0 Å². The summed E-state index contributed by atoms with van der Waals surface area (Å²) in [7, 11) is 0. The van der Waals surface area contributed by atoms with E-state index in [4.69, 9.17) is 69.6 Å². The van der Waals surface area contributed by atoms with Gasteiger partial charge in [-0.15, -0.1) is 0 Å². The summed E-state index contributed by atoms with van der Waals surface area (Å²) in [5.41, 5.74) is -1.86. The molecular weight excluding hydrogens is 413 g/mol. The molecule has 0 aliphatic rings. The van der Waals surface area contributed by atoms with E-state index in [0.29, 0.717) is 0 Å². The number of aromatic nitrogens is 2. The van der Waals surface area contributed by atoms with Crippen LogP contribution in [0.25, 0.3) is 11.0 Å². The van der Waals surface area contributed by atoms with Gasteiger partial charge in [-0.2, -0.15) is 0 Å². The predicted molar refractivity (Wildman–Crippen MR) is 96.4 cm³/mol. The lowest BCUT2D eigenvalue weighted by Crippen LogP contribution is -2.26. The van der Waals surface area contributed by atoms with Crippen molar-refractivity contribution in [2.75, 3.05) is 0 Å². The maximum Gasteiger partial charge on any atom is 0.332 e. The van der Waals surface area contributed by atoms with Crippen LogP contribution < -0.4 is 5.69 Å². The molecule has 2 rings (SSSR count). The number of benzene rings is 1. The molecule has 0 saturated carbocycles. The van der Waals surface area contributed by atoms with Crippen LogP contribution in [0.3, 0.4) is 0 Å². The smallest absolute Gasteiger partial charge is 0.270 e. The fourth-order valence-electron chi connectivity index (χ4n) is 2.02. The molecule has 3 nitrogen and oxygen atoms in total. The maximum atomic E-state index is 12.7. The molecule has 0 aliphatic heterocycles. The standard InChI is InChI=1S/C13H8Cl6N2O/c1-3-5(14)20-11-9(18)7(16)8(17)10(19)12(11)21(13(20)22)6(15)4-2/h3-6H,1-2H2. The Bertz CT molecular complexity index is 772. The van der Waals surface area contributed by atoms with Crippen LogP contribution in [0.2, 0.25) is 20.1 Å². The summed E-state index contributed by atoms with van der Waals surface area (Å²) in [4.78, 5) is 12.7. The van der Waals surface area contributed by atoms with Crippen LogP contribution in [0.15, 0.2) is 30.1 Å². The number of halogens is 6. The topological polar surface area (TPSA) is 26.9 Å². The van der Waals surface area contributed by atoms with E-state index in [1.54, 1.807) is 0 Å². The van der Waals surface area contributed by atoms with Crippen molar-refractivity contribution in [2.45, 2.75) is 11.0 Å². The molecule has 2 unspecified atom stereocenters. The second kappa shape index (κ2) is 6.68. The van der Waals surface area contributed by atoms with Gasteiger partial charge < -0.3 is 0 Å². The molecule has 0 N–H and O–H groups in total. The number of hydrogen-bond acceptors (Lipinski definition) is 1. The molecule has 0 bridgehead atoms. The molecule has 2 atom stereocenters. The first-order valence-corrected chi connectivity index (χ1v) is 8.18. The van der Waals surface area contributed by atoms with E-state index >= 15 is 0 Å². The molecule has 2 aromatic rings. The van der Waals surface area contributed by atoms with Crippen LogP contribution >= 0.6 is 69.6 Å². The Labute approximate surface area is 156 Å². The number of hydrogen-bond donors (Lipinski definition) is 0. The van der Waals surface area contributed by atoms with Crippen LogP contribution in [0.4, 0.5) is 0 Å². The molecule has 22 heavy (non-hydrogen) atoms. The van der Waals surface area contributed by atoms with E-state index in [9.17, 15) is 4.79 Å². The van der Waals surface area contributed by atoms with Crippen molar-refractivity contribution in [3.63, 3.8) is 0 Å². The Morgan fingerprint density at radius 3 is 1.36 bits per heavy atom. The largest absolute Gasteiger partial charge is 0.332 e. The third-order valence-corrected chi connectivity index (χ3v) is 5.52. The lowest BCUT2D eigenvalue weighted by Gasteiger charge is -2.10. The summed E-state index contributed by atoms with van der Waals surface area (Å²) >= 11 is 36.9. The fraction of sp³-hybridized carbons (Fsp3) is 0.154. The zero-order valence-electron chi connectivity index (χ0n) is 10.8. The van der Waals surface area contributed by atoms with E-state index < -0.39 is 16.7 Å².